The van der Waals surface area contributed by atoms with Crippen LogP contribution in [0.3, 0.4) is 0 Å². The monoisotopic (exact) mass is 308 g/mol. The van der Waals surface area contributed by atoms with Gasteiger partial charge in [-0.3, -0.25) is 0 Å². The third-order valence-corrected chi connectivity index (χ3v) is 4.72. The maximum atomic E-state index is 6.27. The van der Waals surface area contributed by atoms with Gasteiger partial charge in [0.15, 0.2) is 0 Å². The van der Waals surface area contributed by atoms with Crippen LogP contribution < -0.4 is 10.6 Å². The summed E-state index contributed by atoms with van der Waals surface area (Å²) in [6.07, 6.45) is 7.49. The van der Waals surface area contributed by atoms with E-state index in [1.807, 2.05) is 6.07 Å². The molecule has 1 fully saturated rings. The smallest absolute Gasteiger partial charge is 0.0426 e. The first-order valence-corrected chi connectivity index (χ1v) is 8.74. The van der Waals surface area contributed by atoms with Crippen LogP contribution in [0.4, 0.5) is 5.69 Å². The number of benzene rings is 1. The lowest BCUT2D eigenvalue weighted by atomic mass is 10.0. The van der Waals surface area contributed by atoms with Crippen LogP contribution in [0.1, 0.15) is 51.5 Å². The highest BCUT2D eigenvalue weighted by Crippen LogP contribution is 2.33. The number of anilines is 1. The van der Waals surface area contributed by atoms with Crippen molar-refractivity contribution in [3.05, 3.63) is 28.8 Å². The molecular weight excluding hydrogens is 280 g/mol. The lowest BCUT2D eigenvalue weighted by Crippen LogP contribution is -2.35. The molecule has 0 heterocycles. The number of hydrogen-bond donors (Lipinski definition) is 1. The highest BCUT2D eigenvalue weighted by molar-refractivity contribution is 6.30. The van der Waals surface area contributed by atoms with Crippen molar-refractivity contribution in [2.45, 2.75) is 58.4 Å². The van der Waals surface area contributed by atoms with E-state index in [2.05, 4.69) is 30.9 Å². The topological polar surface area (TPSA) is 29.3 Å². The molecule has 1 aliphatic carbocycles. The van der Waals surface area contributed by atoms with Gasteiger partial charge < -0.3 is 10.6 Å². The van der Waals surface area contributed by atoms with Gasteiger partial charge in [0.2, 0.25) is 0 Å². The van der Waals surface area contributed by atoms with Gasteiger partial charge in [0.25, 0.3) is 0 Å². The molecule has 0 unspecified atom stereocenters. The highest BCUT2D eigenvalue weighted by atomic mass is 35.5. The molecule has 3 heteroatoms. The third kappa shape index (κ3) is 4.62. The minimum atomic E-state index is 0.679. The molecule has 0 amide bonds. The molecule has 2 nitrogen and oxygen atoms in total. The zero-order chi connectivity index (χ0) is 15.2. The second-order valence-electron chi connectivity index (χ2n) is 6.63. The summed E-state index contributed by atoms with van der Waals surface area (Å²) >= 11 is 6.27. The van der Waals surface area contributed by atoms with Crippen molar-refractivity contribution >= 4 is 17.3 Å². The maximum absolute atomic E-state index is 6.27. The fraction of sp³-hybridized carbons (Fsp3) is 0.667. The zero-order valence-corrected chi connectivity index (χ0v) is 14.2. The molecule has 0 aliphatic heterocycles. The van der Waals surface area contributed by atoms with E-state index in [0.29, 0.717) is 12.6 Å². The average Bonchev–Trinajstić information content (AvgIpc) is 2.96. The van der Waals surface area contributed by atoms with E-state index in [0.717, 1.165) is 23.9 Å². The van der Waals surface area contributed by atoms with Crippen LogP contribution in [-0.4, -0.2) is 19.1 Å². The first kappa shape index (κ1) is 16.6. The van der Waals surface area contributed by atoms with Crippen LogP contribution in [0.25, 0.3) is 0 Å². The predicted octanol–water partition coefficient (Wildman–Crippen LogP) is 4.64. The molecule has 1 aromatic carbocycles. The summed E-state index contributed by atoms with van der Waals surface area (Å²) in [7, 11) is 0. The van der Waals surface area contributed by atoms with E-state index in [-0.39, 0.29) is 0 Å². The van der Waals surface area contributed by atoms with Crippen LogP contribution in [0.2, 0.25) is 5.02 Å². The SMILES string of the molecule is CC(C)CCN(c1cc(Cl)ccc1CCN)C1CCCC1. The molecule has 0 atom stereocenters. The molecule has 1 aromatic rings. The van der Waals surface area contributed by atoms with Crippen LogP contribution in [0, 0.1) is 5.92 Å². The number of halogens is 1. The van der Waals surface area contributed by atoms with Crippen LogP contribution >= 0.6 is 11.6 Å². The van der Waals surface area contributed by atoms with Crippen LogP contribution in [0.5, 0.6) is 0 Å². The fourth-order valence-electron chi connectivity index (χ4n) is 3.28. The Balaban J connectivity index is 2.27. The fourth-order valence-corrected chi connectivity index (χ4v) is 3.45. The van der Waals surface area contributed by atoms with Gasteiger partial charge in [0.1, 0.15) is 0 Å². The molecule has 0 bridgehead atoms. The normalized spacial score (nSPS) is 15.9. The Labute approximate surface area is 134 Å². The van der Waals surface area contributed by atoms with Crippen molar-refractivity contribution in [1.82, 2.24) is 0 Å². The Morgan fingerprint density at radius 1 is 1.29 bits per heavy atom. The predicted molar refractivity (Wildman–Crippen MR) is 93.3 cm³/mol. The van der Waals surface area contributed by atoms with E-state index in [1.165, 1.54) is 43.4 Å². The lowest BCUT2D eigenvalue weighted by molar-refractivity contribution is 0.527. The van der Waals surface area contributed by atoms with E-state index in [1.54, 1.807) is 0 Å². The second-order valence-corrected chi connectivity index (χ2v) is 7.06. The first-order valence-electron chi connectivity index (χ1n) is 8.37. The Kier molecular flexibility index (Phi) is 6.38. The zero-order valence-electron chi connectivity index (χ0n) is 13.4. The van der Waals surface area contributed by atoms with Crippen molar-refractivity contribution in [2.24, 2.45) is 11.7 Å². The maximum Gasteiger partial charge on any atom is 0.0426 e. The van der Waals surface area contributed by atoms with Crippen LogP contribution in [0.15, 0.2) is 18.2 Å². The summed E-state index contributed by atoms with van der Waals surface area (Å²) in [6.45, 7) is 6.41. The van der Waals surface area contributed by atoms with Gasteiger partial charge in [0, 0.05) is 23.3 Å². The molecule has 0 radical (unpaired) electrons. The van der Waals surface area contributed by atoms with Crippen molar-refractivity contribution in [3.63, 3.8) is 0 Å². The summed E-state index contributed by atoms with van der Waals surface area (Å²) in [4.78, 5) is 2.61. The number of hydrogen-bond acceptors (Lipinski definition) is 2. The third-order valence-electron chi connectivity index (χ3n) is 4.48. The average molecular weight is 309 g/mol. The molecule has 118 valence electrons. The minimum Gasteiger partial charge on any atom is -0.368 e. The first-order chi connectivity index (χ1) is 10.1. The van der Waals surface area contributed by atoms with Gasteiger partial charge in [-0.25, -0.2) is 0 Å². The molecule has 0 saturated heterocycles. The van der Waals surface area contributed by atoms with E-state index < -0.39 is 0 Å². The quantitative estimate of drug-likeness (QED) is 0.795. The highest BCUT2D eigenvalue weighted by Gasteiger charge is 2.24. The van der Waals surface area contributed by atoms with Gasteiger partial charge in [-0.2, -0.15) is 0 Å². The molecule has 1 saturated carbocycles. The van der Waals surface area contributed by atoms with Crippen molar-refractivity contribution in [3.8, 4) is 0 Å². The molecule has 0 spiro atoms. The molecule has 0 aromatic heterocycles. The standard InChI is InChI=1S/C18H29ClN2/c1-14(2)10-12-21(17-5-3-4-6-17)18-13-16(19)8-7-15(18)9-11-20/h7-8,13-14,17H,3-6,9-12,20H2,1-2H3. The summed E-state index contributed by atoms with van der Waals surface area (Å²) < 4.78 is 0. The summed E-state index contributed by atoms with van der Waals surface area (Å²) in [5, 5.41) is 0.832. The molecule has 1 aliphatic rings. The van der Waals surface area contributed by atoms with E-state index in [9.17, 15) is 0 Å². The largest absolute Gasteiger partial charge is 0.368 e. The Morgan fingerprint density at radius 2 is 2.00 bits per heavy atom. The van der Waals surface area contributed by atoms with Gasteiger partial charge in [-0.05, 0) is 55.8 Å². The minimum absolute atomic E-state index is 0.679. The van der Waals surface area contributed by atoms with Gasteiger partial charge in [0.05, 0.1) is 0 Å². The number of nitrogens with two attached hydrogens (primary N) is 1. The van der Waals surface area contributed by atoms with Crippen molar-refractivity contribution in [2.75, 3.05) is 18.0 Å². The van der Waals surface area contributed by atoms with Crippen molar-refractivity contribution in [1.29, 1.82) is 0 Å². The Hall–Kier alpha value is -0.730. The molecule has 2 N–H and O–H groups in total. The van der Waals surface area contributed by atoms with Gasteiger partial charge >= 0.3 is 0 Å². The van der Waals surface area contributed by atoms with Gasteiger partial charge in [-0.15, -0.1) is 0 Å². The lowest BCUT2D eigenvalue weighted by Gasteiger charge is -2.34. The second kappa shape index (κ2) is 8.05. The Morgan fingerprint density at radius 3 is 2.62 bits per heavy atom. The summed E-state index contributed by atoms with van der Waals surface area (Å²) in [6, 6.07) is 6.97. The van der Waals surface area contributed by atoms with Gasteiger partial charge in [-0.1, -0.05) is 44.4 Å². The number of rotatable bonds is 7. The van der Waals surface area contributed by atoms with E-state index >= 15 is 0 Å². The van der Waals surface area contributed by atoms with E-state index in [4.69, 9.17) is 17.3 Å². The molecule has 2 rings (SSSR count). The van der Waals surface area contributed by atoms with Crippen molar-refractivity contribution < 1.29 is 0 Å². The molecule has 21 heavy (non-hydrogen) atoms. The Bertz CT molecular complexity index is 439. The van der Waals surface area contributed by atoms with Crippen LogP contribution in [-0.2, 0) is 6.42 Å². The number of nitrogens with zero attached hydrogens (tertiary/aromatic N) is 1. The summed E-state index contributed by atoms with van der Waals surface area (Å²) in [5.74, 6) is 0.728. The summed E-state index contributed by atoms with van der Waals surface area (Å²) in [5.41, 5.74) is 8.46. The molecular formula is C18H29ClN2.